The lowest BCUT2D eigenvalue weighted by atomic mass is 10.1. The molecule has 0 unspecified atom stereocenters. The average molecular weight is 336 g/mol. The molecule has 0 radical (unpaired) electrons. The summed E-state index contributed by atoms with van der Waals surface area (Å²) in [5.41, 5.74) is 2.49. The Balaban J connectivity index is 1.40. The maximum absolute atomic E-state index is 12.8. The van der Waals surface area contributed by atoms with Crippen molar-refractivity contribution in [3.63, 3.8) is 0 Å². The summed E-state index contributed by atoms with van der Waals surface area (Å²) in [6, 6.07) is 7.51. The highest BCUT2D eigenvalue weighted by Crippen LogP contribution is 2.19. The predicted molar refractivity (Wildman–Crippen MR) is 93.7 cm³/mol. The van der Waals surface area contributed by atoms with Gasteiger partial charge in [0.15, 0.2) is 0 Å². The lowest BCUT2D eigenvalue weighted by Gasteiger charge is -2.32. The molecule has 0 atom stereocenters. The van der Waals surface area contributed by atoms with Crippen molar-refractivity contribution in [1.29, 1.82) is 0 Å². The smallest absolute Gasteiger partial charge is 0.255 e. The van der Waals surface area contributed by atoms with Crippen LogP contribution in [0.15, 0.2) is 49.1 Å². The number of ether oxygens (including phenoxy) is 1. The summed E-state index contributed by atoms with van der Waals surface area (Å²) in [6.07, 6.45) is 9.02. The van der Waals surface area contributed by atoms with Crippen molar-refractivity contribution in [3.8, 4) is 5.75 Å². The first-order valence-electron chi connectivity index (χ1n) is 8.50. The van der Waals surface area contributed by atoms with Crippen LogP contribution in [0.3, 0.4) is 0 Å². The monoisotopic (exact) mass is 336 g/mol. The number of hydrogen-bond acceptors (Lipinski definition) is 4. The van der Waals surface area contributed by atoms with E-state index in [2.05, 4.69) is 9.97 Å². The Kier molecular flexibility index (Phi) is 4.09. The van der Waals surface area contributed by atoms with Gasteiger partial charge in [0, 0.05) is 44.5 Å². The molecular formula is C19H20N4O2. The van der Waals surface area contributed by atoms with Gasteiger partial charge < -0.3 is 14.0 Å². The third kappa shape index (κ3) is 3.33. The first-order chi connectivity index (χ1) is 12.2. The molecule has 0 saturated carbocycles. The van der Waals surface area contributed by atoms with Crippen molar-refractivity contribution >= 4 is 11.6 Å². The molecule has 1 aliphatic rings. The number of nitrogens with zero attached hydrogens (tertiary/aromatic N) is 4. The van der Waals surface area contributed by atoms with E-state index in [9.17, 15) is 4.79 Å². The van der Waals surface area contributed by atoms with E-state index >= 15 is 0 Å². The van der Waals surface area contributed by atoms with E-state index in [1.54, 1.807) is 12.4 Å². The molecule has 128 valence electrons. The SMILES string of the molecule is Cc1cn2cc(C(=O)N3CCC(Oc4cccnc4)CC3)ccc2n1. The Morgan fingerprint density at radius 2 is 2.04 bits per heavy atom. The highest BCUT2D eigenvalue weighted by Gasteiger charge is 2.25. The molecule has 1 fully saturated rings. The van der Waals surface area contributed by atoms with Crippen LogP contribution in [0.1, 0.15) is 28.9 Å². The van der Waals surface area contributed by atoms with E-state index in [4.69, 9.17) is 4.74 Å². The third-order valence-electron chi connectivity index (χ3n) is 4.48. The molecule has 0 aromatic carbocycles. The number of aryl methyl sites for hydroxylation is 1. The number of pyridine rings is 2. The summed E-state index contributed by atoms with van der Waals surface area (Å²) >= 11 is 0. The molecule has 0 spiro atoms. The quantitative estimate of drug-likeness (QED) is 0.738. The fourth-order valence-electron chi connectivity index (χ4n) is 3.21. The molecule has 6 heteroatoms. The summed E-state index contributed by atoms with van der Waals surface area (Å²) in [7, 11) is 0. The van der Waals surface area contributed by atoms with E-state index in [-0.39, 0.29) is 12.0 Å². The van der Waals surface area contributed by atoms with Gasteiger partial charge in [-0.3, -0.25) is 9.78 Å². The summed E-state index contributed by atoms with van der Waals surface area (Å²) in [6.45, 7) is 3.34. The highest BCUT2D eigenvalue weighted by atomic mass is 16.5. The van der Waals surface area contributed by atoms with E-state index < -0.39 is 0 Å². The second-order valence-electron chi connectivity index (χ2n) is 6.36. The minimum atomic E-state index is 0.0630. The van der Waals surface area contributed by atoms with Gasteiger partial charge in [0.25, 0.3) is 5.91 Å². The molecule has 4 heterocycles. The van der Waals surface area contributed by atoms with Crippen LogP contribution in [0, 0.1) is 6.92 Å². The Morgan fingerprint density at radius 1 is 1.20 bits per heavy atom. The number of fused-ring (bicyclic) bond motifs is 1. The van der Waals surface area contributed by atoms with Crippen LogP contribution in [-0.2, 0) is 0 Å². The van der Waals surface area contributed by atoms with E-state index in [1.807, 2.05) is 52.9 Å². The van der Waals surface area contributed by atoms with Crippen molar-refractivity contribution < 1.29 is 9.53 Å². The predicted octanol–water partition coefficient (Wildman–Crippen LogP) is 2.72. The van der Waals surface area contributed by atoms with Crippen LogP contribution >= 0.6 is 0 Å². The van der Waals surface area contributed by atoms with Gasteiger partial charge >= 0.3 is 0 Å². The van der Waals surface area contributed by atoms with Gasteiger partial charge in [-0.15, -0.1) is 0 Å². The summed E-state index contributed by atoms with van der Waals surface area (Å²) < 4.78 is 7.84. The number of likely N-dealkylation sites (tertiary alicyclic amines) is 1. The number of imidazole rings is 1. The second kappa shape index (κ2) is 6.55. The van der Waals surface area contributed by atoms with E-state index in [0.29, 0.717) is 18.7 Å². The molecule has 1 saturated heterocycles. The van der Waals surface area contributed by atoms with Gasteiger partial charge in [0.05, 0.1) is 17.5 Å². The van der Waals surface area contributed by atoms with Crippen molar-refractivity contribution in [2.45, 2.75) is 25.9 Å². The van der Waals surface area contributed by atoms with Crippen LogP contribution in [0.2, 0.25) is 0 Å². The minimum absolute atomic E-state index is 0.0630. The highest BCUT2D eigenvalue weighted by molar-refractivity contribution is 5.94. The fraction of sp³-hybridized carbons (Fsp3) is 0.316. The zero-order valence-corrected chi connectivity index (χ0v) is 14.1. The van der Waals surface area contributed by atoms with Crippen LogP contribution in [0.5, 0.6) is 5.75 Å². The first-order valence-corrected chi connectivity index (χ1v) is 8.50. The van der Waals surface area contributed by atoms with Gasteiger partial charge in [-0.1, -0.05) is 0 Å². The number of hydrogen-bond donors (Lipinski definition) is 0. The van der Waals surface area contributed by atoms with E-state index in [0.717, 1.165) is 29.9 Å². The largest absolute Gasteiger partial charge is 0.489 e. The molecular weight excluding hydrogens is 316 g/mol. The van der Waals surface area contributed by atoms with Crippen LogP contribution in [-0.4, -0.2) is 44.4 Å². The Labute approximate surface area is 146 Å². The maximum atomic E-state index is 12.8. The van der Waals surface area contributed by atoms with Crippen LogP contribution in [0.4, 0.5) is 0 Å². The molecule has 1 aliphatic heterocycles. The number of aromatic nitrogens is 3. The van der Waals surface area contributed by atoms with Gasteiger partial charge in [-0.25, -0.2) is 4.98 Å². The topological polar surface area (TPSA) is 59.7 Å². The number of amides is 1. The summed E-state index contributed by atoms with van der Waals surface area (Å²) in [4.78, 5) is 23.1. The van der Waals surface area contributed by atoms with Crippen LogP contribution in [0.25, 0.3) is 5.65 Å². The second-order valence-corrected chi connectivity index (χ2v) is 6.36. The molecule has 1 amide bonds. The van der Waals surface area contributed by atoms with Crippen molar-refractivity contribution in [1.82, 2.24) is 19.3 Å². The molecule has 25 heavy (non-hydrogen) atoms. The molecule has 0 N–H and O–H groups in total. The first kappa shape index (κ1) is 15.6. The third-order valence-corrected chi connectivity index (χ3v) is 4.48. The number of piperidine rings is 1. The zero-order chi connectivity index (χ0) is 17.2. The molecule has 0 aliphatic carbocycles. The van der Waals surface area contributed by atoms with Gasteiger partial charge in [0.1, 0.15) is 17.5 Å². The maximum Gasteiger partial charge on any atom is 0.255 e. The zero-order valence-electron chi connectivity index (χ0n) is 14.1. The van der Waals surface area contributed by atoms with Gasteiger partial charge in [0.2, 0.25) is 0 Å². The number of rotatable bonds is 3. The fourth-order valence-corrected chi connectivity index (χ4v) is 3.21. The van der Waals surface area contributed by atoms with Crippen molar-refractivity contribution in [3.05, 3.63) is 60.3 Å². The lowest BCUT2D eigenvalue weighted by molar-refractivity contribution is 0.0594. The number of carbonyl (C=O) groups excluding carboxylic acids is 1. The minimum Gasteiger partial charge on any atom is -0.489 e. The standard InChI is InChI=1S/C19H20N4O2/c1-14-12-23-13-15(4-5-18(23)21-14)19(24)22-9-6-16(7-10-22)25-17-3-2-8-20-11-17/h2-5,8,11-13,16H,6-7,9-10H2,1H3. The normalized spacial score (nSPS) is 15.5. The van der Waals surface area contributed by atoms with Gasteiger partial charge in [-0.2, -0.15) is 0 Å². The Morgan fingerprint density at radius 3 is 2.80 bits per heavy atom. The molecule has 6 nitrogen and oxygen atoms in total. The molecule has 3 aromatic heterocycles. The Hall–Kier alpha value is -2.89. The molecule has 0 bridgehead atoms. The van der Waals surface area contributed by atoms with Crippen molar-refractivity contribution in [2.75, 3.05) is 13.1 Å². The lowest BCUT2D eigenvalue weighted by Crippen LogP contribution is -2.41. The Bertz CT molecular complexity index is 883. The van der Waals surface area contributed by atoms with Crippen LogP contribution < -0.4 is 4.74 Å². The number of carbonyl (C=O) groups is 1. The molecule has 3 aromatic rings. The van der Waals surface area contributed by atoms with Gasteiger partial charge in [-0.05, 0) is 31.2 Å². The molecule has 4 rings (SSSR count). The summed E-state index contributed by atoms with van der Waals surface area (Å²) in [5, 5.41) is 0. The van der Waals surface area contributed by atoms with E-state index in [1.165, 1.54) is 0 Å². The van der Waals surface area contributed by atoms with Crippen molar-refractivity contribution in [2.24, 2.45) is 0 Å². The summed E-state index contributed by atoms with van der Waals surface area (Å²) in [5.74, 6) is 0.848. The average Bonchev–Trinajstić information content (AvgIpc) is 3.02.